The summed E-state index contributed by atoms with van der Waals surface area (Å²) in [6, 6.07) is 9.48. The van der Waals surface area contributed by atoms with Gasteiger partial charge in [0, 0.05) is 17.0 Å². The van der Waals surface area contributed by atoms with Crippen molar-refractivity contribution < 1.29 is 4.79 Å². The van der Waals surface area contributed by atoms with Crippen LogP contribution in [0.4, 0.5) is 5.69 Å². The SMILES string of the molecule is C[C@H](Sc1nnc2c(n1)[C@@H]1CC[C@@]2(C)C1(C)C)C(=O)Nc1ccccc1. The van der Waals surface area contributed by atoms with Crippen LogP contribution in [0.25, 0.3) is 0 Å². The van der Waals surface area contributed by atoms with Crippen molar-refractivity contribution in [3.63, 3.8) is 0 Å². The van der Waals surface area contributed by atoms with E-state index in [4.69, 9.17) is 4.98 Å². The molecule has 26 heavy (non-hydrogen) atoms. The lowest BCUT2D eigenvalue weighted by atomic mass is 9.70. The third-order valence-corrected chi connectivity index (χ3v) is 7.42. The summed E-state index contributed by atoms with van der Waals surface area (Å²) in [5.41, 5.74) is 3.18. The van der Waals surface area contributed by atoms with Gasteiger partial charge in [-0.2, -0.15) is 5.10 Å². The molecule has 4 rings (SSSR count). The Balaban J connectivity index is 1.51. The second kappa shape index (κ2) is 6.05. The zero-order valence-corrected chi connectivity index (χ0v) is 16.4. The molecule has 0 saturated heterocycles. The van der Waals surface area contributed by atoms with Gasteiger partial charge in [0.15, 0.2) is 0 Å². The van der Waals surface area contributed by atoms with E-state index in [-0.39, 0.29) is 22.0 Å². The number of nitrogens with one attached hydrogen (secondary N) is 1. The molecule has 0 unspecified atom stereocenters. The molecule has 0 spiro atoms. The van der Waals surface area contributed by atoms with Gasteiger partial charge in [0.25, 0.3) is 0 Å². The first-order valence-electron chi connectivity index (χ1n) is 9.10. The summed E-state index contributed by atoms with van der Waals surface area (Å²) in [7, 11) is 0. The number of hydrogen-bond donors (Lipinski definition) is 1. The molecule has 1 fully saturated rings. The molecule has 2 aliphatic rings. The van der Waals surface area contributed by atoms with Gasteiger partial charge in [-0.1, -0.05) is 50.7 Å². The van der Waals surface area contributed by atoms with E-state index in [1.807, 2.05) is 37.3 Å². The minimum Gasteiger partial charge on any atom is -0.325 e. The monoisotopic (exact) mass is 368 g/mol. The van der Waals surface area contributed by atoms with E-state index in [1.54, 1.807) is 0 Å². The van der Waals surface area contributed by atoms with Crippen LogP contribution in [0.5, 0.6) is 0 Å². The van der Waals surface area contributed by atoms with E-state index in [0.29, 0.717) is 11.1 Å². The van der Waals surface area contributed by atoms with Crippen LogP contribution >= 0.6 is 11.8 Å². The fourth-order valence-corrected chi connectivity index (χ4v) is 5.11. The third-order valence-electron chi connectivity index (χ3n) is 6.47. The van der Waals surface area contributed by atoms with Crippen LogP contribution in [0.15, 0.2) is 35.5 Å². The van der Waals surface area contributed by atoms with E-state index in [0.717, 1.165) is 29.9 Å². The third kappa shape index (κ3) is 2.54. The highest BCUT2D eigenvalue weighted by atomic mass is 32.2. The van der Waals surface area contributed by atoms with Gasteiger partial charge in [-0.15, -0.1) is 5.10 Å². The maximum atomic E-state index is 12.4. The molecule has 3 atom stereocenters. The highest BCUT2D eigenvalue weighted by Crippen LogP contribution is 2.66. The number of hydrogen-bond acceptors (Lipinski definition) is 5. The lowest BCUT2D eigenvalue weighted by Crippen LogP contribution is -2.32. The van der Waals surface area contributed by atoms with E-state index in [9.17, 15) is 4.79 Å². The smallest absolute Gasteiger partial charge is 0.237 e. The van der Waals surface area contributed by atoms with Gasteiger partial charge in [0.2, 0.25) is 11.1 Å². The number of aromatic nitrogens is 3. The summed E-state index contributed by atoms with van der Waals surface area (Å²) < 4.78 is 0. The fourth-order valence-electron chi connectivity index (χ4n) is 4.39. The summed E-state index contributed by atoms with van der Waals surface area (Å²) in [5, 5.41) is 12.1. The number of para-hydroxylation sites is 1. The van der Waals surface area contributed by atoms with Crippen molar-refractivity contribution in [1.29, 1.82) is 0 Å². The molecular weight excluding hydrogens is 344 g/mol. The number of fused-ring (bicyclic) bond motifs is 5. The van der Waals surface area contributed by atoms with Crippen LogP contribution in [-0.4, -0.2) is 26.3 Å². The van der Waals surface area contributed by atoms with Crippen LogP contribution in [0.3, 0.4) is 0 Å². The Hall–Kier alpha value is -1.95. The molecule has 2 aromatic rings. The largest absolute Gasteiger partial charge is 0.325 e. The van der Waals surface area contributed by atoms with Gasteiger partial charge in [-0.05, 0) is 37.3 Å². The fraction of sp³-hybridized carbons (Fsp3) is 0.500. The lowest BCUT2D eigenvalue weighted by molar-refractivity contribution is -0.115. The number of anilines is 1. The van der Waals surface area contributed by atoms with Crippen LogP contribution < -0.4 is 5.32 Å². The first kappa shape index (κ1) is 17.5. The molecule has 1 saturated carbocycles. The number of carbonyl (C=O) groups is 1. The molecule has 1 N–H and O–H groups in total. The van der Waals surface area contributed by atoms with Gasteiger partial charge in [-0.25, -0.2) is 4.98 Å². The molecule has 1 aromatic carbocycles. The molecule has 5 nitrogen and oxygen atoms in total. The van der Waals surface area contributed by atoms with Gasteiger partial charge in [0.1, 0.15) is 0 Å². The maximum absolute atomic E-state index is 12.4. The molecule has 0 aliphatic heterocycles. The number of benzene rings is 1. The molecule has 1 aromatic heterocycles. The van der Waals surface area contributed by atoms with Gasteiger partial charge >= 0.3 is 0 Å². The summed E-state index contributed by atoms with van der Waals surface area (Å²) in [5.74, 6) is 0.380. The van der Waals surface area contributed by atoms with Crippen molar-refractivity contribution in [3.05, 3.63) is 41.7 Å². The quantitative estimate of drug-likeness (QED) is 0.821. The van der Waals surface area contributed by atoms with Crippen LogP contribution in [0.1, 0.15) is 57.8 Å². The first-order valence-corrected chi connectivity index (χ1v) is 9.98. The Labute approximate surface area is 158 Å². The highest BCUT2D eigenvalue weighted by Gasteiger charge is 2.61. The molecule has 1 amide bonds. The predicted molar refractivity (Wildman–Crippen MR) is 103 cm³/mol. The van der Waals surface area contributed by atoms with E-state index < -0.39 is 0 Å². The molecule has 6 heteroatoms. The Morgan fingerprint density at radius 3 is 2.69 bits per heavy atom. The minimum atomic E-state index is -0.294. The molecule has 136 valence electrons. The number of nitrogens with zero attached hydrogens (tertiary/aromatic N) is 3. The standard InChI is InChI=1S/C20H24N4OS/c1-12(17(25)21-13-8-6-5-7-9-13)26-18-22-15-14-10-11-20(4,19(14,2)3)16(15)23-24-18/h5-9,12,14H,10-11H2,1-4H3,(H,21,25)/t12-,14-,20+/m0/s1. The molecule has 1 heterocycles. The maximum Gasteiger partial charge on any atom is 0.237 e. The molecule has 2 bridgehead atoms. The van der Waals surface area contributed by atoms with Crippen molar-refractivity contribution in [2.45, 2.75) is 62.3 Å². The highest BCUT2D eigenvalue weighted by molar-refractivity contribution is 8.00. The van der Waals surface area contributed by atoms with Crippen molar-refractivity contribution in [2.75, 3.05) is 5.32 Å². The van der Waals surface area contributed by atoms with Crippen molar-refractivity contribution in [2.24, 2.45) is 5.41 Å². The summed E-state index contributed by atoms with van der Waals surface area (Å²) in [6.07, 6.45) is 2.31. The predicted octanol–water partition coefficient (Wildman–Crippen LogP) is 4.17. The van der Waals surface area contributed by atoms with Crippen molar-refractivity contribution in [1.82, 2.24) is 15.2 Å². The van der Waals surface area contributed by atoms with Crippen LogP contribution in [0, 0.1) is 5.41 Å². The van der Waals surface area contributed by atoms with Crippen LogP contribution in [-0.2, 0) is 10.2 Å². The molecular formula is C20H24N4OS. The summed E-state index contributed by atoms with van der Waals surface area (Å²) in [6.45, 7) is 8.79. The topological polar surface area (TPSA) is 67.8 Å². The number of carbonyl (C=O) groups excluding carboxylic acids is 1. The number of amides is 1. The van der Waals surface area contributed by atoms with Gasteiger partial charge in [-0.3, -0.25) is 4.79 Å². The normalized spacial score (nSPS) is 26.4. The second-order valence-corrected chi connectivity index (χ2v) is 9.40. The Morgan fingerprint density at radius 1 is 1.23 bits per heavy atom. The zero-order chi connectivity index (χ0) is 18.5. The molecule has 0 radical (unpaired) electrons. The minimum absolute atomic E-state index is 0.0564. The van der Waals surface area contributed by atoms with Gasteiger partial charge < -0.3 is 5.32 Å². The number of rotatable bonds is 4. The van der Waals surface area contributed by atoms with E-state index >= 15 is 0 Å². The number of thioether (sulfide) groups is 1. The van der Waals surface area contributed by atoms with Gasteiger partial charge in [0.05, 0.1) is 16.6 Å². The first-order chi connectivity index (χ1) is 12.3. The average molecular weight is 369 g/mol. The second-order valence-electron chi connectivity index (χ2n) is 8.09. The zero-order valence-electron chi connectivity index (χ0n) is 15.6. The average Bonchev–Trinajstić information content (AvgIpc) is 2.94. The van der Waals surface area contributed by atoms with Crippen LogP contribution in [0.2, 0.25) is 0 Å². The Kier molecular flexibility index (Phi) is 4.06. The Morgan fingerprint density at radius 2 is 1.96 bits per heavy atom. The lowest BCUT2D eigenvalue weighted by Gasteiger charge is -2.33. The summed E-state index contributed by atoms with van der Waals surface area (Å²) in [4.78, 5) is 17.2. The Bertz CT molecular complexity index is 854. The van der Waals surface area contributed by atoms with Crippen molar-refractivity contribution >= 4 is 23.4 Å². The summed E-state index contributed by atoms with van der Waals surface area (Å²) >= 11 is 1.37. The van der Waals surface area contributed by atoms with E-state index in [1.165, 1.54) is 11.8 Å². The molecule has 2 aliphatic carbocycles. The van der Waals surface area contributed by atoms with Crippen molar-refractivity contribution in [3.8, 4) is 0 Å². The van der Waals surface area contributed by atoms with E-state index in [2.05, 4.69) is 36.3 Å².